The van der Waals surface area contributed by atoms with Gasteiger partial charge in [0.15, 0.2) is 0 Å². The molecule has 0 spiro atoms. The molecular weight excluding hydrogens is 248 g/mol. The molecule has 1 unspecified atom stereocenters. The highest BCUT2D eigenvalue weighted by molar-refractivity contribution is 5.27. The Bertz CT molecular complexity index is 541. The summed E-state index contributed by atoms with van der Waals surface area (Å²) in [5, 5.41) is 11.4. The van der Waals surface area contributed by atoms with Crippen molar-refractivity contribution < 1.29 is 5.11 Å². The SMILES string of the molecule is Cc1ccc(C(O)(Cn2ccnc2)C2CCCC2)cc1. The van der Waals surface area contributed by atoms with Crippen LogP contribution in [-0.2, 0) is 12.1 Å². The smallest absolute Gasteiger partial charge is 0.110 e. The summed E-state index contributed by atoms with van der Waals surface area (Å²) in [4.78, 5) is 4.09. The van der Waals surface area contributed by atoms with Crippen molar-refractivity contribution in [1.29, 1.82) is 0 Å². The van der Waals surface area contributed by atoms with E-state index in [-0.39, 0.29) is 0 Å². The Morgan fingerprint density at radius 3 is 2.55 bits per heavy atom. The molecule has 106 valence electrons. The quantitative estimate of drug-likeness (QED) is 0.926. The van der Waals surface area contributed by atoms with Crippen molar-refractivity contribution in [3.8, 4) is 0 Å². The molecule has 1 fully saturated rings. The lowest BCUT2D eigenvalue weighted by Crippen LogP contribution is -2.38. The van der Waals surface area contributed by atoms with E-state index < -0.39 is 5.60 Å². The molecule has 1 saturated carbocycles. The number of hydrogen-bond acceptors (Lipinski definition) is 2. The first kappa shape index (κ1) is 13.4. The van der Waals surface area contributed by atoms with Gasteiger partial charge in [0.1, 0.15) is 5.60 Å². The first-order chi connectivity index (χ1) is 9.68. The molecule has 2 aromatic rings. The zero-order valence-corrected chi connectivity index (χ0v) is 12.0. The van der Waals surface area contributed by atoms with Crippen molar-refractivity contribution in [1.82, 2.24) is 9.55 Å². The molecule has 1 aromatic heterocycles. The topological polar surface area (TPSA) is 38.0 Å². The minimum absolute atomic E-state index is 0.340. The van der Waals surface area contributed by atoms with Crippen molar-refractivity contribution in [3.05, 3.63) is 54.1 Å². The highest BCUT2D eigenvalue weighted by atomic mass is 16.3. The predicted molar refractivity (Wildman–Crippen MR) is 79.3 cm³/mol. The van der Waals surface area contributed by atoms with Gasteiger partial charge in [0.2, 0.25) is 0 Å². The third kappa shape index (κ3) is 2.50. The second kappa shape index (κ2) is 5.41. The van der Waals surface area contributed by atoms with Crippen LogP contribution in [-0.4, -0.2) is 14.7 Å². The molecule has 1 aliphatic carbocycles. The summed E-state index contributed by atoms with van der Waals surface area (Å²) in [6, 6.07) is 8.32. The zero-order valence-electron chi connectivity index (χ0n) is 12.0. The van der Waals surface area contributed by atoms with E-state index in [2.05, 4.69) is 36.2 Å². The second-order valence-electron chi connectivity index (χ2n) is 6.01. The lowest BCUT2D eigenvalue weighted by atomic mass is 9.79. The molecule has 1 N–H and O–H groups in total. The molecular formula is C17H22N2O. The standard InChI is InChI=1S/C17H22N2O/c1-14-6-8-16(9-7-14)17(20,15-4-2-3-5-15)12-19-11-10-18-13-19/h6-11,13,15,20H,2-5,12H2,1H3. The van der Waals surface area contributed by atoms with Crippen LogP contribution in [0.3, 0.4) is 0 Å². The third-order valence-corrected chi connectivity index (χ3v) is 4.56. The van der Waals surface area contributed by atoms with E-state index in [0.717, 1.165) is 18.4 Å². The number of aryl methyl sites for hydroxylation is 1. The van der Waals surface area contributed by atoms with Gasteiger partial charge in [0, 0.05) is 12.4 Å². The fraction of sp³-hybridized carbons (Fsp3) is 0.471. The van der Waals surface area contributed by atoms with Crippen molar-refractivity contribution in [3.63, 3.8) is 0 Å². The van der Waals surface area contributed by atoms with Gasteiger partial charge >= 0.3 is 0 Å². The largest absolute Gasteiger partial charge is 0.383 e. The minimum Gasteiger partial charge on any atom is -0.383 e. The highest BCUT2D eigenvalue weighted by Crippen LogP contribution is 2.41. The molecule has 3 rings (SSSR count). The average molecular weight is 270 g/mol. The highest BCUT2D eigenvalue weighted by Gasteiger charge is 2.40. The summed E-state index contributed by atoms with van der Waals surface area (Å²) in [7, 11) is 0. The van der Waals surface area contributed by atoms with Crippen LogP contribution in [0.15, 0.2) is 43.0 Å². The number of nitrogens with zero attached hydrogens (tertiary/aromatic N) is 2. The fourth-order valence-electron chi connectivity index (χ4n) is 3.36. The van der Waals surface area contributed by atoms with Crippen LogP contribution in [0.1, 0.15) is 36.8 Å². The maximum absolute atomic E-state index is 11.4. The van der Waals surface area contributed by atoms with Gasteiger partial charge in [-0.1, -0.05) is 42.7 Å². The maximum atomic E-state index is 11.4. The molecule has 3 heteroatoms. The van der Waals surface area contributed by atoms with E-state index >= 15 is 0 Å². The number of benzene rings is 1. The van der Waals surface area contributed by atoms with Gasteiger partial charge in [0.05, 0.1) is 12.9 Å². The van der Waals surface area contributed by atoms with Crippen LogP contribution in [0.2, 0.25) is 0 Å². The molecule has 3 nitrogen and oxygen atoms in total. The van der Waals surface area contributed by atoms with Crippen LogP contribution >= 0.6 is 0 Å². The Hall–Kier alpha value is -1.61. The summed E-state index contributed by atoms with van der Waals surface area (Å²) < 4.78 is 1.98. The van der Waals surface area contributed by atoms with Crippen molar-refractivity contribution in [2.45, 2.75) is 44.8 Å². The van der Waals surface area contributed by atoms with Crippen LogP contribution in [0, 0.1) is 12.8 Å². The molecule has 1 aromatic carbocycles. The monoisotopic (exact) mass is 270 g/mol. The van der Waals surface area contributed by atoms with Gasteiger partial charge in [-0.3, -0.25) is 0 Å². The molecule has 0 radical (unpaired) electrons. The van der Waals surface area contributed by atoms with Gasteiger partial charge in [-0.15, -0.1) is 0 Å². The fourth-order valence-corrected chi connectivity index (χ4v) is 3.36. The molecule has 0 aliphatic heterocycles. The second-order valence-corrected chi connectivity index (χ2v) is 6.01. The molecule has 1 atom stereocenters. The number of aliphatic hydroxyl groups is 1. The lowest BCUT2D eigenvalue weighted by Gasteiger charge is -2.35. The molecule has 0 amide bonds. The third-order valence-electron chi connectivity index (χ3n) is 4.56. The van der Waals surface area contributed by atoms with E-state index in [4.69, 9.17) is 0 Å². The maximum Gasteiger partial charge on any atom is 0.110 e. The van der Waals surface area contributed by atoms with Crippen molar-refractivity contribution in [2.24, 2.45) is 5.92 Å². The van der Waals surface area contributed by atoms with Crippen LogP contribution in [0.5, 0.6) is 0 Å². The number of hydrogen-bond donors (Lipinski definition) is 1. The molecule has 0 bridgehead atoms. The number of imidazole rings is 1. The Labute approximate surface area is 120 Å². The van der Waals surface area contributed by atoms with Gasteiger partial charge < -0.3 is 9.67 Å². The Kier molecular flexibility index (Phi) is 3.62. The lowest BCUT2D eigenvalue weighted by molar-refractivity contribution is -0.0376. The summed E-state index contributed by atoms with van der Waals surface area (Å²) in [5.74, 6) is 0.340. The van der Waals surface area contributed by atoms with Crippen LogP contribution < -0.4 is 0 Å². The van der Waals surface area contributed by atoms with Gasteiger partial charge in [-0.05, 0) is 31.2 Å². The van der Waals surface area contributed by atoms with E-state index in [1.807, 2.05) is 10.8 Å². The summed E-state index contributed by atoms with van der Waals surface area (Å²) in [6.07, 6.45) is 10.1. The first-order valence-corrected chi connectivity index (χ1v) is 7.44. The molecule has 1 aliphatic rings. The summed E-state index contributed by atoms with van der Waals surface area (Å²) in [5.41, 5.74) is 1.47. The van der Waals surface area contributed by atoms with Gasteiger partial charge in [0.25, 0.3) is 0 Å². The summed E-state index contributed by atoms with van der Waals surface area (Å²) >= 11 is 0. The first-order valence-electron chi connectivity index (χ1n) is 7.44. The van der Waals surface area contributed by atoms with Crippen LogP contribution in [0.25, 0.3) is 0 Å². The van der Waals surface area contributed by atoms with E-state index in [9.17, 15) is 5.11 Å². The Balaban J connectivity index is 1.95. The van der Waals surface area contributed by atoms with Crippen molar-refractivity contribution >= 4 is 0 Å². The average Bonchev–Trinajstić information content (AvgIpc) is 3.12. The molecule has 0 saturated heterocycles. The van der Waals surface area contributed by atoms with Crippen molar-refractivity contribution in [2.75, 3.05) is 0 Å². The normalized spacial score (nSPS) is 19.1. The number of rotatable bonds is 4. The predicted octanol–water partition coefficient (Wildman–Crippen LogP) is 3.27. The molecule has 20 heavy (non-hydrogen) atoms. The van der Waals surface area contributed by atoms with E-state index in [1.54, 1.807) is 12.5 Å². The number of aromatic nitrogens is 2. The van der Waals surface area contributed by atoms with Gasteiger partial charge in [-0.25, -0.2) is 4.98 Å². The Morgan fingerprint density at radius 1 is 1.25 bits per heavy atom. The summed E-state index contributed by atoms with van der Waals surface area (Å²) in [6.45, 7) is 2.66. The van der Waals surface area contributed by atoms with Gasteiger partial charge in [-0.2, -0.15) is 0 Å². The zero-order chi connectivity index (χ0) is 14.0. The van der Waals surface area contributed by atoms with E-state index in [1.165, 1.54) is 18.4 Å². The molecule has 1 heterocycles. The minimum atomic E-state index is -0.787. The van der Waals surface area contributed by atoms with Crippen LogP contribution in [0.4, 0.5) is 0 Å². The van der Waals surface area contributed by atoms with E-state index in [0.29, 0.717) is 12.5 Å². The Morgan fingerprint density at radius 2 is 1.95 bits per heavy atom.